The number of pyridine rings is 1. The number of nitrogens with zero attached hydrogens (tertiary/aromatic N) is 4. The summed E-state index contributed by atoms with van der Waals surface area (Å²) in [5.74, 6) is 0.823. The van der Waals surface area contributed by atoms with Crippen molar-refractivity contribution in [3.63, 3.8) is 0 Å². The van der Waals surface area contributed by atoms with Crippen molar-refractivity contribution in [2.45, 2.75) is 57.3 Å². The van der Waals surface area contributed by atoms with Crippen molar-refractivity contribution in [1.29, 1.82) is 0 Å². The van der Waals surface area contributed by atoms with Gasteiger partial charge in [-0.05, 0) is 50.1 Å². The van der Waals surface area contributed by atoms with Gasteiger partial charge in [-0.3, -0.25) is 14.5 Å². The van der Waals surface area contributed by atoms with E-state index in [1.54, 1.807) is 13.4 Å². The van der Waals surface area contributed by atoms with Crippen LogP contribution in [0.4, 0.5) is 0 Å². The molecular weight excluding hydrogens is 703 g/mol. The lowest BCUT2D eigenvalue weighted by molar-refractivity contribution is -0.144. The van der Waals surface area contributed by atoms with Gasteiger partial charge in [0.15, 0.2) is 5.75 Å². The molecule has 5 aromatic rings. The molecule has 0 spiro atoms. The highest BCUT2D eigenvalue weighted by Gasteiger charge is 2.28. The molecule has 0 aliphatic carbocycles. The van der Waals surface area contributed by atoms with E-state index >= 15 is 0 Å². The molecule has 52 heavy (non-hydrogen) atoms. The fraction of sp³-hybridized carbons (Fsp3) is 0.333. The number of carbonyl (C=O) groups excluding carboxylic acids is 1. The zero-order valence-electron chi connectivity index (χ0n) is 28.8. The smallest absolute Gasteiger partial charge is 0.320 e. The molecule has 1 amide bonds. The Morgan fingerprint density at radius 2 is 1.73 bits per heavy atom. The lowest BCUT2D eigenvalue weighted by Gasteiger charge is -2.32. The van der Waals surface area contributed by atoms with E-state index in [4.69, 9.17) is 37.7 Å². The summed E-state index contributed by atoms with van der Waals surface area (Å²) in [5, 5.41) is 16.9. The first-order chi connectivity index (χ1) is 25.3. The SMILES string of the molecule is COc1nc(-c2cccc(-c3cccc(Oc4cccc5c4ncn5CCN4CCCCC4C(=O)O)c3Cl)c2Cl)ccc1CNC[C@H]1CCC(=O)N1. The number of hydrogen-bond acceptors (Lipinski definition) is 8. The maximum atomic E-state index is 11.8. The van der Waals surface area contributed by atoms with E-state index in [9.17, 15) is 14.7 Å². The number of ether oxygens (including phenoxy) is 2. The second-order valence-electron chi connectivity index (χ2n) is 13.1. The van der Waals surface area contributed by atoms with Crippen LogP contribution in [0.15, 0.2) is 73.1 Å². The highest BCUT2D eigenvalue weighted by molar-refractivity contribution is 6.38. The Morgan fingerprint density at radius 1 is 0.962 bits per heavy atom. The lowest BCUT2D eigenvalue weighted by Crippen LogP contribution is -2.45. The number of likely N-dealkylation sites (tertiary alicyclic amines) is 1. The molecule has 4 heterocycles. The molecule has 2 aliphatic rings. The number of aliphatic carboxylic acids is 1. The predicted molar refractivity (Wildman–Crippen MR) is 201 cm³/mol. The van der Waals surface area contributed by atoms with E-state index in [1.807, 2.05) is 76.2 Å². The summed E-state index contributed by atoms with van der Waals surface area (Å²) in [4.78, 5) is 34.8. The average molecular weight is 744 g/mol. The second kappa shape index (κ2) is 15.9. The van der Waals surface area contributed by atoms with Gasteiger partial charge in [0.1, 0.15) is 17.3 Å². The minimum atomic E-state index is -0.762. The fourth-order valence-corrected chi connectivity index (χ4v) is 7.68. The number of halogens is 2. The van der Waals surface area contributed by atoms with E-state index in [1.165, 1.54) is 0 Å². The topological polar surface area (TPSA) is 131 Å². The normalized spacial score (nSPS) is 17.7. The molecule has 3 aromatic carbocycles. The molecule has 0 radical (unpaired) electrons. The molecular formula is C39H40Cl2N6O5. The van der Waals surface area contributed by atoms with E-state index in [0.29, 0.717) is 83.2 Å². The van der Waals surface area contributed by atoms with Crippen molar-refractivity contribution in [1.82, 2.24) is 30.1 Å². The number of carboxylic acids is 1. The summed E-state index contributed by atoms with van der Waals surface area (Å²) in [7, 11) is 1.59. The molecule has 0 bridgehead atoms. The largest absolute Gasteiger partial charge is 0.481 e. The van der Waals surface area contributed by atoms with Gasteiger partial charge in [0.2, 0.25) is 11.8 Å². The summed E-state index contributed by atoms with van der Waals surface area (Å²) >= 11 is 14.1. The Balaban J connectivity index is 1.09. The molecule has 2 aromatic heterocycles. The van der Waals surface area contributed by atoms with E-state index < -0.39 is 12.0 Å². The Bertz CT molecular complexity index is 2110. The maximum Gasteiger partial charge on any atom is 0.320 e. The van der Waals surface area contributed by atoms with Crippen molar-refractivity contribution >= 4 is 46.1 Å². The van der Waals surface area contributed by atoms with Crippen molar-refractivity contribution in [2.75, 3.05) is 26.7 Å². The number of rotatable bonds is 13. The number of para-hydroxylation sites is 1. The van der Waals surface area contributed by atoms with Gasteiger partial charge in [-0.1, -0.05) is 72.1 Å². The number of fused-ring (bicyclic) bond motifs is 1. The molecule has 2 aliphatic heterocycles. The van der Waals surface area contributed by atoms with Crippen LogP contribution in [-0.4, -0.2) is 75.2 Å². The zero-order chi connectivity index (χ0) is 36.2. The summed E-state index contributed by atoms with van der Waals surface area (Å²) in [6, 6.07) is 20.6. The van der Waals surface area contributed by atoms with Crippen LogP contribution in [0.2, 0.25) is 10.0 Å². The number of piperidine rings is 1. The van der Waals surface area contributed by atoms with Crippen LogP contribution in [0.5, 0.6) is 17.4 Å². The lowest BCUT2D eigenvalue weighted by atomic mass is 10.0. The van der Waals surface area contributed by atoms with Crippen LogP contribution in [0.3, 0.4) is 0 Å². The number of imidazole rings is 1. The molecule has 3 N–H and O–H groups in total. The third-order valence-corrected chi connectivity index (χ3v) is 10.6. The van der Waals surface area contributed by atoms with Crippen molar-refractivity contribution < 1.29 is 24.2 Å². The first-order valence-electron chi connectivity index (χ1n) is 17.5. The molecule has 2 atom stereocenters. The summed E-state index contributed by atoms with van der Waals surface area (Å²) in [6.45, 7) is 3.21. The van der Waals surface area contributed by atoms with Gasteiger partial charge >= 0.3 is 5.97 Å². The van der Waals surface area contributed by atoms with Crippen molar-refractivity contribution in [3.8, 4) is 39.8 Å². The highest BCUT2D eigenvalue weighted by atomic mass is 35.5. The molecule has 2 fully saturated rings. The maximum absolute atomic E-state index is 11.8. The summed E-state index contributed by atoms with van der Waals surface area (Å²) in [6.07, 6.45) is 5.78. The van der Waals surface area contributed by atoms with Gasteiger partial charge in [0.05, 0.1) is 34.7 Å². The number of nitrogens with one attached hydrogen (secondary N) is 2. The number of methoxy groups -OCH3 is 1. The van der Waals surface area contributed by atoms with Crippen LogP contribution in [0.25, 0.3) is 33.4 Å². The van der Waals surface area contributed by atoms with Crippen LogP contribution >= 0.6 is 23.2 Å². The van der Waals surface area contributed by atoms with Gasteiger partial charge in [-0.2, -0.15) is 0 Å². The van der Waals surface area contributed by atoms with Crippen LogP contribution in [0, 0.1) is 0 Å². The van der Waals surface area contributed by atoms with E-state index in [0.717, 1.165) is 48.0 Å². The first kappa shape index (κ1) is 35.7. The van der Waals surface area contributed by atoms with Gasteiger partial charge in [0, 0.05) is 60.9 Å². The molecule has 7 rings (SSSR count). The number of carboxylic acid groups (broad SMARTS) is 1. The minimum Gasteiger partial charge on any atom is -0.481 e. The van der Waals surface area contributed by atoms with E-state index in [2.05, 4.69) is 15.6 Å². The molecule has 1 unspecified atom stereocenters. The van der Waals surface area contributed by atoms with Gasteiger partial charge in [-0.15, -0.1) is 0 Å². The third kappa shape index (κ3) is 7.59. The zero-order valence-corrected chi connectivity index (χ0v) is 30.3. The quantitative estimate of drug-likeness (QED) is 0.115. The van der Waals surface area contributed by atoms with Crippen LogP contribution in [-0.2, 0) is 22.7 Å². The Morgan fingerprint density at radius 3 is 2.52 bits per heavy atom. The summed E-state index contributed by atoms with van der Waals surface area (Å²) in [5.41, 5.74) is 5.26. The van der Waals surface area contributed by atoms with E-state index in [-0.39, 0.29) is 11.9 Å². The van der Waals surface area contributed by atoms with Crippen molar-refractivity contribution in [3.05, 3.63) is 88.7 Å². The number of benzene rings is 3. The Labute approximate surface area is 311 Å². The molecule has 2 saturated heterocycles. The third-order valence-electron chi connectivity index (χ3n) is 9.81. The van der Waals surface area contributed by atoms with Gasteiger partial charge in [-0.25, -0.2) is 9.97 Å². The second-order valence-corrected chi connectivity index (χ2v) is 13.9. The number of amides is 1. The van der Waals surface area contributed by atoms with Crippen molar-refractivity contribution in [2.24, 2.45) is 0 Å². The predicted octanol–water partition coefficient (Wildman–Crippen LogP) is 7.18. The van der Waals surface area contributed by atoms with Gasteiger partial charge in [0.25, 0.3) is 0 Å². The van der Waals surface area contributed by atoms with Gasteiger partial charge < -0.3 is 29.8 Å². The first-order valence-corrected chi connectivity index (χ1v) is 18.3. The highest BCUT2D eigenvalue weighted by Crippen LogP contribution is 2.43. The summed E-state index contributed by atoms with van der Waals surface area (Å²) < 4.78 is 14.1. The molecule has 11 nitrogen and oxygen atoms in total. The number of hydrogen-bond donors (Lipinski definition) is 3. The van der Waals surface area contributed by atoms with Crippen LogP contribution in [0.1, 0.15) is 37.7 Å². The standard InChI is InChI=1S/C39H40Cl2N6O5/c1-51-38-24(21-42-22-25-15-17-34(48)44-25)14-16-29(45-38)28-9-4-7-26(35(28)40)27-8-5-12-32(36(27)41)52-33-13-6-11-30-37(33)43-23-47(30)20-19-46-18-3-2-10-31(46)39(49)50/h4-9,11-14,16,23,25,31,42H,2-3,10,15,17-22H2,1H3,(H,44,48)(H,49,50)/t25-,31?/m1/s1. The molecule has 13 heteroatoms. The number of aromatic nitrogens is 3. The molecule has 270 valence electrons. The Hall–Kier alpha value is -4.68. The number of carbonyl (C=O) groups is 2. The minimum absolute atomic E-state index is 0.0929. The Kier molecular flexibility index (Phi) is 10.9. The molecule has 0 saturated carbocycles. The van der Waals surface area contributed by atoms with Crippen LogP contribution < -0.4 is 20.1 Å². The average Bonchev–Trinajstić information content (AvgIpc) is 3.78. The monoisotopic (exact) mass is 742 g/mol. The fourth-order valence-electron chi connectivity index (χ4n) is 7.09.